The van der Waals surface area contributed by atoms with Crippen molar-refractivity contribution in [2.24, 2.45) is 0 Å². The van der Waals surface area contributed by atoms with Gasteiger partial charge in [0.15, 0.2) is 0 Å². The van der Waals surface area contributed by atoms with Crippen molar-refractivity contribution in [1.29, 1.82) is 0 Å². The van der Waals surface area contributed by atoms with Crippen molar-refractivity contribution in [3.63, 3.8) is 0 Å². The number of hydrogen-bond donors (Lipinski definition) is 1. The fraction of sp³-hybridized carbons (Fsp3) is 0.0625. The number of benzene rings is 2. The fourth-order valence-corrected chi connectivity index (χ4v) is 2.21. The highest BCUT2D eigenvalue weighted by Crippen LogP contribution is 2.23. The van der Waals surface area contributed by atoms with Crippen molar-refractivity contribution in [2.45, 2.75) is 6.54 Å². The summed E-state index contributed by atoms with van der Waals surface area (Å²) in [5.41, 5.74) is 2.39. The van der Waals surface area contributed by atoms with Gasteiger partial charge in [-0.2, -0.15) is 0 Å². The monoisotopic (exact) mass is 286 g/mol. The number of pyridine rings is 1. The molecule has 0 aliphatic rings. The molecule has 3 aromatic rings. The second kappa shape index (κ2) is 5.47. The molecule has 1 N–H and O–H groups in total. The first-order valence-corrected chi connectivity index (χ1v) is 6.64. The van der Waals surface area contributed by atoms with Crippen LogP contribution in [0.25, 0.3) is 10.9 Å². The molecule has 20 heavy (non-hydrogen) atoms. The lowest BCUT2D eigenvalue weighted by molar-refractivity contribution is 0.628. The van der Waals surface area contributed by atoms with Crippen LogP contribution >= 0.6 is 11.6 Å². The second-order valence-corrected chi connectivity index (χ2v) is 4.88. The number of anilines is 1. The van der Waals surface area contributed by atoms with E-state index in [1.807, 2.05) is 36.4 Å². The zero-order chi connectivity index (χ0) is 13.9. The molecule has 2 nitrogen and oxygen atoms in total. The Labute approximate surface area is 121 Å². The number of aromatic nitrogens is 1. The van der Waals surface area contributed by atoms with Gasteiger partial charge in [-0.05, 0) is 30.3 Å². The molecule has 0 spiro atoms. The van der Waals surface area contributed by atoms with Gasteiger partial charge in [0.1, 0.15) is 5.82 Å². The molecule has 0 radical (unpaired) electrons. The van der Waals surface area contributed by atoms with E-state index >= 15 is 0 Å². The van der Waals surface area contributed by atoms with E-state index in [0.717, 1.165) is 16.6 Å². The van der Waals surface area contributed by atoms with E-state index < -0.39 is 0 Å². The molecule has 0 amide bonds. The van der Waals surface area contributed by atoms with Gasteiger partial charge in [0, 0.05) is 5.39 Å². The van der Waals surface area contributed by atoms with Gasteiger partial charge < -0.3 is 5.32 Å². The summed E-state index contributed by atoms with van der Waals surface area (Å²) in [6.07, 6.45) is 0. The Morgan fingerprint density at radius 3 is 2.80 bits per heavy atom. The standard InChI is InChI=1S/C16H12ClFN2/c17-14-8-6-12(18)9-16(14)19-10-13-7-5-11-3-1-2-4-15(11)20-13/h1-9,19H,10H2. The number of nitrogens with zero attached hydrogens (tertiary/aromatic N) is 1. The molecule has 3 rings (SSSR count). The van der Waals surface area contributed by atoms with Crippen LogP contribution in [0.3, 0.4) is 0 Å². The van der Waals surface area contributed by atoms with Gasteiger partial charge >= 0.3 is 0 Å². The first kappa shape index (κ1) is 12.9. The first-order valence-electron chi connectivity index (χ1n) is 6.26. The molecular weight excluding hydrogens is 275 g/mol. The van der Waals surface area contributed by atoms with Crippen molar-refractivity contribution in [3.05, 3.63) is 71.1 Å². The fourth-order valence-electron chi connectivity index (χ4n) is 2.03. The molecule has 0 fully saturated rings. The average molecular weight is 287 g/mol. The average Bonchev–Trinajstić information content (AvgIpc) is 2.48. The molecule has 0 aliphatic carbocycles. The number of para-hydroxylation sites is 1. The third-order valence-electron chi connectivity index (χ3n) is 3.04. The smallest absolute Gasteiger partial charge is 0.125 e. The van der Waals surface area contributed by atoms with Gasteiger partial charge in [0.2, 0.25) is 0 Å². The Bertz CT molecular complexity index is 758. The Balaban J connectivity index is 1.81. The molecule has 1 aromatic heterocycles. The highest BCUT2D eigenvalue weighted by atomic mass is 35.5. The SMILES string of the molecule is Fc1ccc(Cl)c(NCc2ccc3ccccc3n2)c1. The lowest BCUT2D eigenvalue weighted by Gasteiger charge is -2.08. The van der Waals surface area contributed by atoms with Gasteiger partial charge in [0.25, 0.3) is 0 Å². The molecule has 2 aromatic carbocycles. The molecule has 0 saturated heterocycles. The predicted octanol–water partition coefficient (Wildman–Crippen LogP) is 4.64. The Morgan fingerprint density at radius 1 is 1.05 bits per heavy atom. The minimum absolute atomic E-state index is 0.316. The first-order chi connectivity index (χ1) is 9.72. The maximum atomic E-state index is 13.2. The van der Waals surface area contributed by atoms with Crippen LogP contribution in [0, 0.1) is 5.82 Å². The summed E-state index contributed by atoms with van der Waals surface area (Å²) in [5, 5.41) is 4.69. The lowest BCUT2D eigenvalue weighted by Crippen LogP contribution is -2.02. The van der Waals surface area contributed by atoms with Crippen LogP contribution in [-0.4, -0.2) is 4.98 Å². The van der Waals surface area contributed by atoms with Crippen LogP contribution in [0.2, 0.25) is 5.02 Å². The Kier molecular flexibility index (Phi) is 3.52. The van der Waals surface area contributed by atoms with Crippen LogP contribution in [0.5, 0.6) is 0 Å². The number of nitrogens with one attached hydrogen (secondary N) is 1. The number of halogens is 2. The summed E-state index contributed by atoms with van der Waals surface area (Å²) in [6.45, 7) is 0.494. The molecule has 1 heterocycles. The molecule has 0 atom stereocenters. The quantitative estimate of drug-likeness (QED) is 0.759. The van der Waals surface area contributed by atoms with E-state index in [1.165, 1.54) is 18.2 Å². The van der Waals surface area contributed by atoms with Crippen LogP contribution in [0.1, 0.15) is 5.69 Å². The molecule has 0 saturated carbocycles. The summed E-state index contributed by atoms with van der Waals surface area (Å²) in [7, 11) is 0. The summed E-state index contributed by atoms with van der Waals surface area (Å²) in [6, 6.07) is 16.1. The lowest BCUT2D eigenvalue weighted by atomic mass is 10.2. The van der Waals surface area contributed by atoms with Crippen molar-refractivity contribution in [1.82, 2.24) is 4.98 Å². The molecule has 0 bridgehead atoms. The summed E-state index contributed by atoms with van der Waals surface area (Å²) in [5.74, 6) is -0.316. The normalized spacial score (nSPS) is 10.7. The maximum absolute atomic E-state index is 13.2. The molecular formula is C16H12ClFN2. The van der Waals surface area contributed by atoms with Gasteiger partial charge in [-0.1, -0.05) is 35.9 Å². The van der Waals surface area contributed by atoms with E-state index in [0.29, 0.717) is 17.3 Å². The number of rotatable bonds is 3. The second-order valence-electron chi connectivity index (χ2n) is 4.47. The minimum atomic E-state index is -0.316. The zero-order valence-electron chi connectivity index (χ0n) is 10.6. The minimum Gasteiger partial charge on any atom is -0.378 e. The van der Waals surface area contributed by atoms with E-state index in [-0.39, 0.29) is 5.82 Å². The van der Waals surface area contributed by atoms with Crippen LogP contribution in [-0.2, 0) is 6.54 Å². The molecule has 4 heteroatoms. The Morgan fingerprint density at radius 2 is 1.90 bits per heavy atom. The van der Waals surface area contributed by atoms with E-state index in [2.05, 4.69) is 10.3 Å². The van der Waals surface area contributed by atoms with Crippen molar-refractivity contribution < 1.29 is 4.39 Å². The maximum Gasteiger partial charge on any atom is 0.125 e. The van der Waals surface area contributed by atoms with E-state index in [9.17, 15) is 4.39 Å². The van der Waals surface area contributed by atoms with Crippen LogP contribution in [0.4, 0.5) is 10.1 Å². The van der Waals surface area contributed by atoms with Gasteiger partial charge in [-0.3, -0.25) is 4.98 Å². The van der Waals surface area contributed by atoms with Crippen molar-refractivity contribution in [2.75, 3.05) is 5.32 Å². The summed E-state index contributed by atoms with van der Waals surface area (Å²) < 4.78 is 13.2. The van der Waals surface area contributed by atoms with E-state index in [4.69, 9.17) is 11.6 Å². The molecule has 0 unspecified atom stereocenters. The van der Waals surface area contributed by atoms with Gasteiger partial charge in [-0.25, -0.2) is 4.39 Å². The van der Waals surface area contributed by atoms with Gasteiger partial charge in [-0.15, -0.1) is 0 Å². The van der Waals surface area contributed by atoms with E-state index in [1.54, 1.807) is 0 Å². The predicted molar refractivity (Wildman–Crippen MR) is 80.5 cm³/mol. The van der Waals surface area contributed by atoms with Gasteiger partial charge in [0.05, 0.1) is 28.5 Å². The highest BCUT2D eigenvalue weighted by Gasteiger charge is 2.03. The van der Waals surface area contributed by atoms with Crippen molar-refractivity contribution >= 4 is 28.2 Å². The largest absolute Gasteiger partial charge is 0.378 e. The zero-order valence-corrected chi connectivity index (χ0v) is 11.4. The van der Waals surface area contributed by atoms with Crippen molar-refractivity contribution in [3.8, 4) is 0 Å². The molecule has 0 aliphatic heterocycles. The number of hydrogen-bond acceptors (Lipinski definition) is 2. The topological polar surface area (TPSA) is 24.9 Å². The molecule has 100 valence electrons. The van der Waals surface area contributed by atoms with Crippen LogP contribution < -0.4 is 5.32 Å². The Hall–Kier alpha value is -2.13. The summed E-state index contributed by atoms with van der Waals surface area (Å²) >= 11 is 6.01. The van der Waals surface area contributed by atoms with Crippen LogP contribution in [0.15, 0.2) is 54.6 Å². The third-order valence-corrected chi connectivity index (χ3v) is 3.37. The third kappa shape index (κ3) is 2.73. The number of fused-ring (bicyclic) bond motifs is 1. The summed E-state index contributed by atoms with van der Waals surface area (Å²) in [4.78, 5) is 4.54. The highest BCUT2D eigenvalue weighted by molar-refractivity contribution is 6.33.